The number of carbonyl (C=O) groups is 3. The number of hydrogen-bond acceptors (Lipinski definition) is 7. The van der Waals surface area contributed by atoms with Crippen LogP contribution in [0.5, 0.6) is 17.2 Å². The molecule has 1 N–H and O–H groups in total. The summed E-state index contributed by atoms with van der Waals surface area (Å²) >= 11 is 0. The number of carbonyl (C=O) groups excluding carboxylic acids is 2. The maximum Gasteiger partial charge on any atom is 0.341 e. The van der Waals surface area contributed by atoms with Gasteiger partial charge in [-0.3, -0.25) is 4.79 Å². The molecular formula is C34H39NO8. The highest BCUT2D eigenvalue weighted by molar-refractivity contribution is 5.88. The fraction of sp³-hybridized carbons (Fsp3) is 0.382. The molecule has 9 heteroatoms. The Kier molecular flexibility index (Phi) is 11.0. The van der Waals surface area contributed by atoms with E-state index in [4.69, 9.17) is 24.1 Å². The quantitative estimate of drug-likeness (QED) is 0.258. The number of hydrogen-bond donors (Lipinski definition) is 1. The van der Waals surface area contributed by atoms with Gasteiger partial charge < -0.3 is 29.0 Å². The molecule has 1 amide bonds. The van der Waals surface area contributed by atoms with Crippen molar-refractivity contribution in [3.8, 4) is 17.2 Å². The monoisotopic (exact) mass is 589 g/mol. The van der Waals surface area contributed by atoms with Crippen molar-refractivity contribution in [2.45, 2.75) is 57.1 Å². The average molecular weight is 590 g/mol. The second kappa shape index (κ2) is 15.1. The Hall–Kier alpha value is -4.53. The molecule has 1 heterocycles. The molecular weight excluding hydrogens is 550 g/mol. The van der Waals surface area contributed by atoms with Crippen LogP contribution < -0.4 is 14.2 Å². The summed E-state index contributed by atoms with van der Waals surface area (Å²) in [5.41, 5.74) is 2.53. The molecule has 1 aliphatic rings. The number of ether oxygens (including phenoxy) is 4. The maximum absolute atomic E-state index is 13.8. The minimum atomic E-state index is -1.09. The molecule has 9 nitrogen and oxygen atoms in total. The number of esters is 1. The summed E-state index contributed by atoms with van der Waals surface area (Å²) in [6.07, 6.45) is 2.48. The van der Waals surface area contributed by atoms with E-state index in [1.54, 1.807) is 37.3 Å². The van der Waals surface area contributed by atoms with Crippen molar-refractivity contribution in [3.05, 3.63) is 89.5 Å². The van der Waals surface area contributed by atoms with Gasteiger partial charge in [-0.05, 0) is 80.0 Å². The molecule has 3 atom stereocenters. The average Bonchev–Trinajstić information content (AvgIpc) is 3.05. The van der Waals surface area contributed by atoms with Crippen LogP contribution >= 0.6 is 0 Å². The van der Waals surface area contributed by atoms with Gasteiger partial charge in [0.1, 0.15) is 17.9 Å². The zero-order chi connectivity index (χ0) is 30.8. The number of carboxylic acid groups (broad SMARTS) is 1. The molecule has 1 fully saturated rings. The van der Waals surface area contributed by atoms with E-state index in [0.29, 0.717) is 48.6 Å². The van der Waals surface area contributed by atoms with Crippen LogP contribution in [0.15, 0.2) is 72.8 Å². The number of aryl methyl sites for hydroxylation is 1. The van der Waals surface area contributed by atoms with Crippen LogP contribution in [0.1, 0.15) is 61.3 Å². The van der Waals surface area contributed by atoms with Crippen molar-refractivity contribution in [2.24, 2.45) is 0 Å². The Balaban J connectivity index is 1.56. The van der Waals surface area contributed by atoms with Crippen LogP contribution in [-0.4, -0.2) is 61.3 Å². The summed E-state index contributed by atoms with van der Waals surface area (Å²) in [6.45, 7) is 1.87. The lowest BCUT2D eigenvalue weighted by Gasteiger charge is -2.36. The van der Waals surface area contributed by atoms with Gasteiger partial charge in [0.15, 0.2) is 18.1 Å². The van der Waals surface area contributed by atoms with Crippen LogP contribution in [0.25, 0.3) is 0 Å². The van der Waals surface area contributed by atoms with Crippen LogP contribution in [0.4, 0.5) is 0 Å². The predicted molar refractivity (Wildman–Crippen MR) is 160 cm³/mol. The first-order chi connectivity index (χ1) is 20.8. The number of methoxy groups -OCH3 is 2. The van der Waals surface area contributed by atoms with E-state index in [9.17, 15) is 14.4 Å². The third-order valence-corrected chi connectivity index (χ3v) is 7.72. The van der Waals surface area contributed by atoms with Gasteiger partial charge in [0.25, 0.3) is 0 Å². The van der Waals surface area contributed by atoms with E-state index in [1.165, 1.54) is 0 Å². The Labute approximate surface area is 252 Å². The normalized spacial score (nSPS) is 16.1. The molecule has 4 rings (SSSR count). The minimum Gasteiger partial charge on any atom is -0.493 e. The first kappa shape index (κ1) is 31.4. The van der Waals surface area contributed by atoms with Crippen molar-refractivity contribution in [1.29, 1.82) is 0 Å². The Bertz CT molecular complexity index is 1390. The van der Waals surface area contributed by atoms with Crippen molar-refractivity contribution >= 4 is 17.8 Å². The molecule has 1 aliphatic heterocycles. The van der Waals surface area contributed by atoms with Gasteiger partial charge >= 0.3 is 11.9 Å². The van der Waals surface area contributed by atoms with Crippen molar-refractivity contribution in [3.63, 3.8) is 0 Å². The Morgan fingerprint density at radius 1 is 0.907 bits per heavy atom. The van der Waals surface area contributed by atoms with E-state index < -0.39 is 36.6 Å². The lowest BCUT2D eigenvalue weighted by molar-refractivity contribution is -0.162. The zero-order valence-corrected chi connectivity index (χ0v) is 24.9. The lowest BCUT2D eigenvalue weighted by atomic mass is 9.95. The Morgan fingerprint density at radius 2 is 1.65 bits per heavy atom. The van der Waals surface area contributed by atoms with E-state index in [1.807, 2.05) is 61.5 Å². The number of nitrogens with zero attached hydrogens (tertiary/aromatic N) is 1. The van der Waals surface area contributed by atoms with E-state index >= 15 is 0 Å². The molecule has 3 aromatic rings. The lowest BCUT2D eigenvalue weighted by Crippen LogP contribution is -2.50. The first-order valence-corrected chi connectivity index (χ1v) is 14.5. The van der Waals surface area contributed by atoms with E-state index in [2.05, 4.69) is 0 Å². The number of aliphatic carboxylic acids is 1. The molecule has 0 saturated carbocycles. The fourth-order valence-corrected chi connectivity index (χ4v) is 5.37. The molecule has 0 aliphatic carbocycles. The smallest absolute Gasteiger partial charge is 0.341 e. The summed E-state index contributed by atoms with van der Waals surface area (Å²) in [6, 6.07) is 21.4. The van der Waals surface area contributed by atoms with Crippen molar-refractivity contribution in [2.75, 3.05) is 27.4 Å². The highest BCUT2D eigenvalue weighted by Crippen LogP contribution is 2.32. The largest absolute Gasteiger partial charge is 0.493 e. The van der Waals surface area contributed by atoms with Gasteiger partial charge in [0.05, 0.1) is 20.1 Å². The highest BCUT2D eigenvalue weighted by atomic mass is 16.5. The number of rotatable bonds is 13. The van der Waals surface area contributed by atoms with E-state index in [0.717, 1.165) is 24.0 Å². The molecule has 0 bridgehead atoms. The SMILES string of the molecule is COc1ccc(CC[C@@H](OC(=O)[C@@H]2CCCCN2C(=O)[C@H](C)c2ccccc2)c2cccc(OCC(=O)O)c2)cc1OC. The van der Waals surface area contributed by atoms with Crippen LogP contribution in [-0.2, 0) is 25.5 Å². The van der Waals surface area contributed by atoms with Gasteiger partial charge in [0, 0.05) is 6.54 Å². The number of amides is 1. The molecule has 0 aromatic heterocycles. The van der Waals surface area contributed by atoms with Gasteiger partial charge in [-0.2, -0.15) is 0 Å². The van der Waals surface area contributed by atoms with Crippen LogP contribution in [0.3, 0.4) is 0 Å². The second-order valence-electron chi connectivity index (χ2n) is 10.6. The molecule has 3 aromatic carbocycles. The summed E-state index contributed by atoms with van der Waals surface area (Å²) < 4.78 is 22.4. The number of benzene rings is 3. The first-order valence-electron chi connectivity index (χ1n) is 14.5. The molecule has 0 unspecified atom stereocenters. The van der Waals surface area contributed by atoms with Gasteiger partial charge in [-0.15, -0.1) is 0 Å². The van der Waals surface area contributed by atoms with Crippen molar-refractivity contribution < 1.29 is 38.4 Å². The summed E-state index contributed by atoms with van der Waals surface area (Å²) in [7, 11) is 3.15. The maximum atomic E-state index is 13.8. The number of piperidine rings is 1. The van der Waals surface area contributed by atoms with Crippen LogP contribution in [0.2, 0.25) is 0 Å². The van der Waals surface area contributed by atoms with Gasteiger partial charge in [0.2, 0.25) is 5.91 Å². The van der Waals surface area contributed by atoms with Crippen LogP contribution in [0, 0.1) is 0 Å². The predicted octanol–water partition coefficient (Wildman–Crippen LogP) is 5.57. The summed E-state index contributed by atoms with van der Waals surface area (Å²) in [5.74, 6) is -0.461. The fourth-order valence-electron chi connectivity index (χ4n) is 5.37. The van der Waals surface area contributed by atoms with Crippen molar-refractivity contribution in [1.82, 2.24) is 4.90 Å². The molecule has 0 spiro atoms. The molecule has 228 valence electrons. The second-order valence-corrected chi connectivity index (χ2v) is 10.6. The number of carboxylic acids is 1. The molecule has 0 radical (unpaired) electrons. The topological polar surface area (TPSA) is 112 Å². The van der Waals surface area contributed by atoms with E-state index in [-0.39, 0.29) is 5.91 Å². The number of likely N-dealkylation sites (tertiary alicyclic amines) is 1. The third-order valence-electron chi connectivity index (χ3n) is 7.72. The standard InChI is InChI=1S/C34H39NO8/c1-23(25-10-5-4-6-11-25)33(38)35-19-8-7-14-28(35)34(39)43-29(26-12-9-13-27(21-26)42-22-32(36)37)17-15-24-16-18-30(40-2)31(20-24)41-3/h4-6,9-13,16,18,20-21,23,28-29H,7-8,14-15,17,19,22H2,1-3H3,(H,36,37)/t23-,28+,29-/m1/s1. The third kappa shape index (κ3) is 8.28. The zero-order valence-electron chi connectivity index (χ0n) is 24.9. The van der Waals surface area contributed by atoms with Gasteiger partial charge in [-0.1, -0.05) is 48.5 Å². The Morgan fingerprint density at radius 3 is 2.37 bits per heavy atom. The summed E-state index contributed by atoms with van der Waals surface area (Å²) in [5, 5.41) is 9.04. The molecule has 1 saturated heterocycles. The molecule has 43 heavy (non-hydrogen) atoms. The minimum absolute atomic E-state index is 0.0983. The van der Waals surface area contributed by atoms with Gasteiger partial charge in [-0.25, -0.2) is 9.59 Å². The summed E-state index contributed by atoms with van der Waals surface area (Å²) in [4.78, 5) is 40.1. The highest BCUT2D eigenvalue weighted by Gasteiger charge is 2.36.